The molecule has 2 rings (SSSR count). The van der Waals surface area contributed by atoms with E-state index in [1.54, 1.807) is 29.7 Å². The van der Waals surface area contributed by atoms with Crippen molar-refractivity contribution < 1.29 is 39.5 Å². The molecule has 1 saturated heterocycles. The Morgan fingerprint density at radius 3 is 2.57 bits per heavy atom. The van der Waals surface area contributed by atoms with Crippen LogP contribution in [0.1, 0.15) is 12.5 Å². The van der Waals surface area contributed by atoms with E-state index in [1.165, 1.54) is 6.92 Å². The zero-order valence-corrected chi connectivity index (χ0v) is 12.3. The lowest BCUT2D eigenvalue weighted by atomic mass is 9.99. The van der Waals surface area contributed by atoms with Gasteiger partial charge in [-0.2, -0.15) is 5.48 Å². The van der Waals surface area contributed by atoms with Gasteiger partial charge in [-0.3, -0.25) is 0 Å². The highest BCUT2D eigenvalue weighted by Crippen LogP contribution is 2.28. The van der Waals surface area contributed by atoms with E-state index in [0.29, 0.717) is 0 Å². The van der Waals surface area contributed by atoms with Gasteiger partial charge in [0.2, 0.25) is 0 Å². The Balaban J connectivity index is 1.85. The summed E-state index contributed by atoms with van der Waals surface area (Å²) in [6, 6.07) is 8.85. The molecule has 0 radical (unpaired) electrons. The number of hydrogen-bond acceptors (Lipinski definition) is 8. The van der Waals surface area contributed by atoms with E-state index in [2.05, 4.69) is 4.84 Å². The smallest absolute Gasteiger partial charge is 0.431 e. The van der Waals surface area contributed by atoms with Gasteiger partial charge in [-0.15, -0.1) is 0 Å². The maximum Gasteiger partial charge on any atom is 0.431 e. The van der Waals surface area contributed by atoms with Crippen molar-refractivity contribution in [3.05, 3.63) is 35.9 Å². The van der Waals surface area contributed by atoms with Crippen LogP contribution in [0.4, 0.5) is 4.79 Å². The van der Waals surface area contributed by atoms with E-state index in [1.807, 2.05) is 6.07 Å². The minimum Gasteiger partial charge on any atom is -0.443 e. The molecule has 1 aromatic rings. The molecule has 0 aliphatic carbocycles. The number of hydroxylamine groups is 1. The van der Waals surface area contributed by atoms with Gasteiger partial charge in [0.25, 0.3) is 0 Å². The Labute approximate surface area is 132 Å². The molecule has 0 bridgehead atoms. The molecular weight excluding hydrogens is 310 g/mol. The molecule has 0 saturated carbocycles. The average Bonchev–Trinajstić information content (AvgIpc) is 2.55. The summed E-state index contributed by atoms with van der Waals surface area (Å²) in [5.41, 5.74) is 2.50. The largest absolute Gasteiger partial charge is 0.443 e. The second kappa shape index (κ2) is 7.21. The van der Waals surface area contributed by atoms with E-state index in [4.69, 9.17) is 9.47 Å². The fraction of sp³-hybridized carbons (Fsp3) is 0.500. The quantitative estimate of drug-likeness (QED) is 0.350. The number of aliphatic hydroxyl groups excluding tert-OH is 3. The number of aliphatic hydroxyl groups is 4. The SMILES string of the molecule is C[C@@H]1OC(O)(ONC(=O)OCc2ccccc2)[C@H](O)[C@H](O)[C@H]1O. The second-order valence-electron chi connectivity index (χ2n) is 5.15. The number of carbonyl (C=O) groups excluding carboxylic acids is 1. The van der Waals surface area contributed by atoms with Gasteiger partial charge in [-0.05, 0) is 12.5 Å². The third-order valence-corrected chi connectivity index (χ3v) is 3.38. The Morgan fingerprint density at radius 2 is 1.91 bits per heavy atom. The fourth-order valence-corrected chi connectivity index (χ4v) is 2.04. The number of nitrogens with one attached hydrogen (secondary N) is 1. The van der Waals surface area contributed by atoms with Crippen molar-refractivity contribution in [2.24, 2.45) is 0 Å². The third-order valence-electron chi connectivity index (χ3n) is 3.38. The summed E-state index contributed by atoms with van der Waals surface area (Å²) in [7, 11) is 0. The highest BCUT2D eigenvalue weighted by atomic mass is 16.9. The van der Waals surface area contributed by atoms with E-state index in [-0.39, 0.29) is 6.61 Å². The van der Waals surface area contributed by atoms with Crippen molar-refractivity contribution in [3.63, 3.8) is 0 Å². The maximum atomic E-state index is 11.5. The molecule has 1 aliphatic heterocycles. The van der Waals surface area contributed by atoms with Crippen LogP contribution < -0.4 is 5.48 Å². The Kier molecular flexibility index (Phi) is 5.52. The lowest BCUT2D eigenvalue weighted by Gasteiger charge is -2.43. The molecule has 5 atom stereocenters. The van der Waals surface area contributed by atoms with Crippen LogP contribution in [0.5, 0.6) is 0 Å². The van der Waals surface area contributed by atoms with Gasteiger partial charge < -0.3 is 29.9 Å². The summed E-state index contributed by atoms with van der Waals surface area (Å²) in [6.07, 6.45) is -7.21. The summed E-state index contributed by atoms with van der Waals surface area (Å²) >= 11 is 0. The van der Waals surface area contributed by atoms with Crippen molar-refractivity contribution in [2.45, 2.75) is 43.9 Å². The van der Waals surface area contributed by atoms with Crippen LogP contribution in [0.25, 0.3) is 0 Å². The van der Waals surface area contributed by atoms with E-state index < -0.39 is 36.5 Å². The summed E-state index contributed by atoms with van der Waals surface area (Å²) in [6.45, 7) is 1.32. The normalized spacial score (nSPS) is 34.0. The summed E-state index contributed by atoms with van der Waals surface area (Å²) < 4.78 is 9.72. The molecule has 9 heteroatoms. The van der Waals surface area contributed by atoms with Crippen molar-refractivity contribution in [1.82, 2.24) is 5.48 Å². The third kappa shape index (κ3) is 4.16. The molecule has 5 N–H and O–H groups in total. The molecule has 0 aromatic heterocycles. The number of hydrogen-bond donors (Lipinski definition) is 5. The average molecular weight is 329 g/mol. The van der Waals surface area contributed by atoms with Crippen LogP contribution >= 0.6 is 0 Å². The molecule has 1 unspecified atom stereocenters. The highest BCUT2D eigenvalue weighted by molar-refractivity contribution is 5.65. The van der Waals surface area contributed by atoms with E-state index in [0.717, 1.165) is 5.56 Å². The van der Waals surface area contributed by atoms with Crippen LogP contribution in [0.15, 0.2) is 30.3 Å². The Hall–Kier alpha value is -1.75. The predicted octanol–water partition coefficient (Wildman–Crippen LogP) is -1.01. The number of rotatable bonds is 4. The van der Waals surface area contributed by atoms with Gasteiger partial charge >= 0.3 is 12.1 Å². The standard InChI is InChI=1S/C14H19NO8/c1-8-10(16)11(17)12(18)14(20,22-8)23-15-13(19)21-7-9-5-3-2-4-6-9/h2-6,8,10-12,16-18,20H,7H2,1H3,(H,15,19)/t8-,10-,11+,12+,14?/m0/s1. The van der Waals surface area contributed by atoms with Crippen LogP contribution in [0.2, 0.25) is 0 Å². The van der Waals surface area contributed by atoms with Gasteiger partial charge in [0.1, 0.15) is 18.8 Å². The van der Waals surface area contributed by atoms with Crippen molar-refractivity contribution in [3.8, 4) is 0 Å². The zero-order valence-electron chi connectivity index (χ0n) is 12.3. The molecule has 1 amide bonds. The maximum absolute atomic E-state index is 11.5. The Morgan fingerprint density at radius 1 is 1.26 bits per heavy atom. The molecule has 1 fully saturated rings. The lowest BCUT2D eigenvalue weighted by Crippen LogP contribution is -2.66. The zero-order chi connectivity index (χ0) is 17.0. The first-order valence-corrected chi connectivity index (χ1v) is 6.92. The fourth-order valence-electron chi connectivity index (χ4n) is 2.04. The van der Waals surface area contributed by atoms with Crippen LogP contribution in [-0.2, 0) is 20.9 Å². The van der Waals surface area contributed by atoms with Gasteiger partial charge in [0.15, 0.2) is 6.10 Å². The molecule has 1 aromatic carbocycles. The number of carbonyl (C=O) groups is 1. The number of ether oxygens (including phenoxy) is 2. The lowest BCUT2D eigenvalue weighted by molar-refractivity contribution is -0.456. The molecule has 9 nitrogen and oxygen atoms in total. The van der Waals surface area contributed by atoms with E-state index >= 15 is 0 Å². The summed E-state index contributed by atoms with van der Waals surface area (Å²) in [5.74, 6) is -2.72. The van der Waals surface area contributed by atoms with Gasteiger partial charge in [0, 0.05) is 0 Å². The van der Waals surface area contributed by atoms with Gasteiger partial charge in [0.05, 0.1) is 6.10 Å². The number of amides is 1. The van der Waals surface area contributed by atoms with Crippen LogP contribution in [-0.4, -0.2) is 56.9 Å². The predicted molar refractivity (Wildman–Crippen MR) is 74.4 cm³/mol. The topological polar surface area (TPSA) is 138 Å². The number of benzene rings is 1. The second-order valence-corrected chi connectivity index (χ2v) is 5.15. The summed E-state index contributed by atoms with van der Waals surface area (Å²) in [5, 5.41) is 38.8. The van der Waals surface area contributed by atoms with Gasteiger partial charge in [-0.25, -0.2) is 9.63 Å². The monoisotopic (exact) mass is 329 g/mol. The minimum absolute atomic E-state index is 0.0321. The molecule has 1 aliphatic rings. The van der Waals surface area contributed by atoms with Gasteiger partial charge in [-0.1, -0.05) is 30.3 Å². The Bertz CT molecular complexity index is 527. The first-order valence-electron chi connectivity index (χ1n) is 6.92. The highest BCUT2D eigenvalue weighted by Gasteiger charge is 2.53. The van der Waals surface area contributed by atoms with Crippen LogP contribution in [0, 0.1) is 0 Å². The van der Waals surface area contributed by atoms with Crippen molar-refractivity contribution >= 4 is 6.09 Å². The molecule has 1 heterocycles. The van der Waals surface area contributed by atoms with Crippen LogP contribution in [0.3, 0.4) is 0 Å². The first-order chi connectivity index (χ1) is 10.8. The molecule has 0 spiro atoms. The first kappa shape index (κ1) is 17.6. The summed E-state index contributed by atoms with van der Waals surface area (Å²) in [4.78, 5) is 16.1. The van der Waals surface area contributed by atoms with Crippen molar-refractivity contribution in [2.75, 3.05) is 0 Å². The molecular formula is C14H19NO8. The minimum atomic E-state index is -2.72. The van der Waals surface area contributed by atoms with Crippen molar-refractivity contribution in [1.29, 1.82) is 0 Å². The molecule has 128 valence electrons. The van der Waals surface area contributed by atoms with E-state index in [9.17, 15) is 25.2 Å². The molecule has 23 heavy (non-hydrogen) atoms.